The minimum atomic E-state index is -0.508. The third-order valence-corrected chi connectivity index (χ3v) is 3.38. The maximum atomic E-state index is 11.3. The third kappa shape index (κ3) is 2.88. The largest absolute Gasteiger partial charge is 0.463 e. The molecule has 0 spiro atoms. The highest BCUT2D eigenvalue weighted by molar-refractivity contribution is 9.10. The zero-order valence-corrected chi connectivity index (χ0v) is 12.2. The van der Waals surface area contributed by atoms with Gasteiger partial charge in [-0.15, -0.1) is 0 Å². The fourth-order valence-corrected chi connectivity index (χ4v) is 2.35. The van der Waals surface area contributed by atoms with Crippen LogP contribution in [0.5, 0.6) is 0 Å². The van der Waals surface area contributed by atoms with Crippen LogP contribution < -0.4 is 5.73 Å². The van der Waals surface area contributed by atoms with Crippen LogP contribution in [0.15, 0.2) is 39.2 Å². The van der Waals surface area contributed by atoms with Crippen LogP contribution in [-0.2, 0) is 4.74 Å². The normalized spacial score (nSPS) is 12.2. The van der Waals surface area contributed by atoms with Crippen LogP contribution in [0.4, 0.5) is 0 Å². The summed E-state index contributed by atoms with van der Waals surface area (Å²) >= 11 is 3.41. The van der Waals surface area contributed by atoms with E-state index >= 15 is 0 Å². The highest BCUT2D eigenvalue weighted by Gasteiger charge is 2.18. The molecule has 0 saturated carbocycles. The van der Waals surface area contributed by atoms with Gasteiger partial charge in [0.2, 0.25) is 5.76 Å². The summed E-state index contributed by atoms with van der Waals surface area (Å²) in [5, 5.41) is 0. The molecule has 1 aromatic carbocycles. The molecule has 100 valence electrons. The van der Waals surface area contributed by atoms with Gasteiger partial charge in [0.05, 0.1) is 13.2 Å². The SMILES string of the molecule is COC(=O)c1ccc(C(N)c2ccc(Br)cc2C)o1. The Morgan fingerprint density at radius 1 is 1.37 bits per heavy atom. The number of nitrogens with two attached hydrogens (primary N) is 1. The van der Waals surface area contributed by atoms with Crippen LogP contribution >= 0.6 is 15.9 Å². The van der Waals surface area contributed by atoms with Gasteiger partial charge in [0, 0.05) is 4.47 Å². The van der Waals surface area contributed by atoms with Gasteiger partial charge < -0.3 is 14.9 Å². The number of carbonyl (C=O) groups excluding carboxylic acids is 1. The Hall–Kier alpha value is -1.59. The first-order chi connectivity index (χ1) is 9.02. The van der Waals surface area contributed by atoms with Crippen molar-refractivity contribution >= 4 is 21.9 Å². The Kier molecular flexibility index (Phi) is 4.07. The second-order valence-electron chi connectivity index (χ2n) is 4.17. The van der Waals surface area contributed by atoms with E-state index < -0.39 is 12.0 Å². The highest BCUT2D eigenvalue weighted by atomic mass is 79.9. The number of ether oxygens (including phenoxy) is 1. The molecule has 5 heteroatoms. The molecule has 2 rings (SSSR count). The van der Waals surface area contributed by atoms with E-state index in [0.29, 0.717) is 5.76 Å². The number of furan rings is 1. The summed E-state index contributed by atoms with van der Waals surface area (Å²) in [5.74, 6) is 0.180. The topological polar surface area (TPSA) is 65.5 Å². The number of esters is 1. The van der Waals surface area contributed by atoms with Crippen molar-refractivity contribution in [1.82, 2.24) is 0 Å². The van der Waals surface area contributed by atoms with E-state index in [1.54, 1.807) is 12.1 Å². The van der Waals surface area contributed by atoms with Crippen molar-refractivity contribution in [2.45, 2.75) is 13.0 Å². The van der Waals surface area contributed by atoms with Crippen molar-refractivity contribution < 1.29 is 13.9 Å². The van der Waals surface area contributed by atoms with Gasteiger partial charge >= 0.3 is 5.97 Å². The van der Waals surface area contributed by atoms with Crippen molar-refractivity contribution in [3.8, 4) is 0 Å². The first-order valence-electron chi connectivity index (χ1n) is 5.72. The van der Waals surface area contributed by atoms with E-state index in [-0.39, 0.29) is 5.76 Å². The number of hydrogen-bond donors (Lipinski definition) is 1. The standard InChI is InChI=1S/C14H14BrNO3/c1-8-7-9(15)3-4-10(8)13(16)11-5-6-12(19-11)14(17)18-2/h3-7,13H,16H2,1-2H3. The van der Waals surface area contributed by atoms with Crippen LogP contribution in [0.1, 0.15) is 33.5 Å². The Morgan fingerprint density at radius 3 is 2.74 bits per heavy atom. The molecule has 0 fully saturated rings. The molecule has 1 heterocycles. The van der Waals surface area contributed by atoms with Gasteiger partial charge in [-0.05, 0) is 42.3 Å². The summed E-state index contributed by atoms with van der Waals surface area (Å²) in [6, 6.07) is 8.69. The molecule has 0 bridgehead atoms. The fraction of sp³-hybridized carbons (Fsp3) is 0.214. The van der Waals surface area contributed by atoms with E-state index in [4.69, 9.17) is 10.2 Å². The number of aryl methyl sites for hydroxylation is 1. The van der Waals surface area contributed by atoms with Crippen LogP contribution in [0.3, 0.4) is 0 Å². The average Bonchev–Trinajstić information content (AvgIpc) is 2.86. The number of rotatable bonds is 3. The van der Waals surface area contributed by atoms with Gasteiger partial charge in [0.15, 0.2) is 0 Å². The van der Waals surface area contributed by atoms with Gasteiger partial charge in [0.1, 0.15) is 5.76 Å². The summed E-state index contributed by atoms with van der Waals surface area (Å²) in [6.07, 6.45) is 0. The molecule has 2 aromatic rings. The molecule has 4 nitrogen and oxygen atoms in total. The summed E-state index contributed by atoms with van der Waals surface area (Å²) in [5.41, 5.74) is 8.17. The van der Waals surface area contributed by atoms with Crippen LogP contribution in [0.25, 0.3) is 0 Å². The van der Waals surface area contributed by atoms with Crippen molar-refractivity contribution in [2.24, 2.45) is 5.73 Å². The zero-order chi connectivity index (χ0) is 14.0. The number of carbonyl (C=O) groups is 1. The number of hydrogen-bond acceptors (Lipinski definition) is 4. The van der Waals surface area contributed by atoms with E-state index in [9.17, 15) is 4.79 Å². The molecule has 0 aliphatic rings. The third-order valence-electron chi connectivity index (χ3n) is 2.89. The molecule has 1 atom stereocenters. The Balaban J connectivity index is 2.31. The smallest absolute Gasteiger partial charge is 0.373 e. The lowest BCUT2D eigenvalue weighted by molar-refractivity contribution is 0.0562. The maximum absolute atomic E-state index is 11.3. The highest BCUT2D eigenvalue weighted by Crippen LogP contribution is 2.26. The second-order valence-corrected chi connectivity index (χ2v) is 5.09. The van der Waals surface area contributed by atoms with Gasteiger partial charge in [-0.25, -0.2) is 4.79 Å². The van der Waals surface area contributed by atoms with Gasteiger partial charge in [-0.3, -0.25) is 0 Å². The molecule has 1 unspecified atom stereocenters. The van der Waals surface area contributed by atoms with Crippen molar-refractivity contribution in [3.63, 3.8) is 0 Å². The van der Waals surface area contributed by atoms with Crippen molar-refractivity contribution in [1.29, 1.82) is 0 Å². The van der Waals surface area contributed by atoms with Crippen molar-refractivity contribution in [2.75, 3.05) is 7.11 Å². The minimum absolute atomic E-state index is 0.155. The summed E-state index contributed by atoms with van der Waals surface area (Å²) in [7, 11) is 1.31. The van der Waals surface area contributed by atoms with Crippen molar-refractivity contribution in [3.05, 3.63) is 57.5 Å². The number of halogens is 1. The lowest BCUT2D eigenvalue weighted by Gasteiger charge is -2.12. The van der Waals surface area contributed by atoms with E-state index in [1.165, 1.54) is 7.11 Å². The average molecular weight is 324 g/mol. The van der Waals surface area contributed by atoms with E-state index in [1.807, 2.05) is 25.1 Å². The van der Waals surface area contributed by atoms with E-state index in [2.05, 4.69) is 20.7 Å². The molecule has 19 heavy (non-hydrogen) atoms. The van der Waals surface area contributed by atoms with Gasteiger partial charge in [-0.1, -0.05) is 22.0 Å². The predicted octanol–water partition coefficient (Wildman–Crippen LogP) is 3.19. The molecule has 1 aromatic heterocycles. The monoisotopic (exact) mass is 323 g/mol. The minimum Gasteiger partial charge on any atom is -0.463 e. The number of methoxy groups -OCH3 is 1. The first-order valence-corrected chi connectivity index (χ1v) is 6.52. The van der Waals surface area contributed by atoms with Crippen LogP contribution in [-0.4, -0.2) is 13.1 Å². The molecule has 0 amide bonds. The number of benzene rings is 1. The van der Waals surface area contributed by atoms with Crippen LogP contribution in [0.2, 0.25) is 0 Å². The zero-order valence-electron chi connectivity index (χ0n) is 10.6. The lowest BCUT2D eigenvalue weighted by Crippen LogP contribution is -2.12. The Morgan fingerprint density at radius 2 is 2.11 bits per heavy atom. The fourth-order valence-electron chi connectivity index (χ4n) is 1.87. The quantitative estimate of drug-likeness (QED) is 0.881. The predicted molar refractivity (Wildman–Crippen MR) is 75.0 cm³/mol. The summed E-state index contributed by atoms with van der Waals surface area (Å²) in [4.78, 5) is 11.3. The molecule has 0 saturated heterocycles. The molecule has 2 N–H and O–H groups in total. The maximum Gasteiger partial charge on any atom is 0.373 e. The van der Waals surface area contributed by atoms with Gasteiger partial charge in [0.25, 0.3) is 0 Å². The molecular formula is C14H14BrNO3. The first kappa shape index (κ1) is 13.8. The van der Waals surface area contributed by atoms with Crippen LogP contribution in [0, 0.1) is 6.92 Å². The molecule has 0 aliphatic carbocycles. The summed E-state index contributed by atoms with van der Waals surface area (Å²) < 4.78 is 11.0. The lowest BCUT2D eigenvalue weighted by atomic mass is 10.0. The Bertz CT molecular complexity index is 606. The molecule has 0 radical (unpaired) electrons. The van der Waals surface area contributed by atoms with E-state index in [0.717, 1.165) is 15.6 Å². The molecular weight excluding hydrogens is 310 g/mol. The Labute approximate surface area is 119 Å². The second kappa shape index (κ2) is 5.59. The molecule has 0 aliphatic heterocycles. The van der Waals surface area contributed by atoms with Gasteiger partial charge in [-0.2, -0.15) is 0 Å². The summed E-state index contributed by atoms with van der Waals surface area (Å²) in [6.45, 7) is 1.98.